The van der Waals surface area contributed by atoms with Crippen LogP contribution >= 0.6 is 0 Å². The first-order chi connectivity index (χ1) is 14.3. The van der Waals surface area contributed by atoms with Crippen LogP contribution in [0.3, 0.4) is 0 Å². The molecule has 162 valence electrons. The van der Waals surface area contributed by atoms with Crippen molar-refractivity contribution in [2.75, 3.05) is 13.2 Å². The Balaban J connectivity index is 1.85. The third-order valence-corrected chi connectivity index (χ3v) is 5.61. The van der Waals surface area contributed by atoms with Crippen molar-refractivity contribution < 1.29 is 15.0 Å². The summed E-state index contributed by atoms with van der Waals surface area (Å²) in [5, 5.41) is 26.6. The van der Waals surface area contributed by atoms with E-state index in [1.54, 1.807) is 19.1 Å². The summed E-state index contributed by atoms with van der Waals surface area (Å²) >= 11 is 0. The fourth-order valence-electron chi connectivity index (χ4n) is 3.81. The topological polar surface area (TPSA) is 126 Å². The molecule has 2 aromatic rings. The second-order valence-electron chi connectivity index (χ2n) is 7.87. The molecule has 0 bridgehead atoms. The normalized spacial score (nSPS) is 16.1. The van der Waals surface area contributed by atoms with E-state index in [0.717, 1.165) is 41.1 Å². The van der Waals surface area contributed by atoms with Gasteiger partial charge in [-0.2, -0.15) is 9.78 Å². The molecule has 0 atom stereocenters. The monoisotopic (exact) mass is 416 g/mol. The highest BCUT2D eigenvalue weighted by molar-refractivity contribution is 5.96. The lowest BCUT2D eigenvalue weighted by atomic mass is 9.94. The number of aliphatic hydroxyl groups is 2. The van der Waals surface area contributed by atoms with E-state index in [4.69, 9.17) is 5.11 Å². The van der Waals surface area contributed by atoms with Gasteiger partial charge in [0.25, 0.3) is 11.5 Å². The Bertz CT molecular complexity index is 1020. The lowest BCUT2D eigenvalue weighted by molar-refractivity contribution is 0.0246. The molecule has 1 amide bonds. The molecule has 0 aliphatic heterocycles. The largest absolute Gasteiger partial charge is 0.395 e. The lowest BCUT2D eigenvalue weighted by Crippen LogP contribution is -2.43. The van der Waals surface area contributed by atoms with Crippen LogP contribution in [0.5, 0.6) is 0 Å². The molecule has 1 saturated carbocycles. The molecular weight excluding hydrogens is 388 g/mol. The zero-order valence-corrected chi connectivity index (χ0v) is 17.1. The maximum absolute atomic E-state index is 12.8. The fraction of sp³-hybridized carbons (Fsp3) is 0.524. The predicted molar refractivity (Wildman–Crippen MR) is 111 cm³/mol. The summed E-state index contributed by atoms with van der Waals surface area (Å²) in [7, 11) is 0. The number of carbonyl (C=O) groups excluding carboxylic acids is 1. The van der Waals surface area contributed by atoms with Gasteiger partial charge in [-0.1, -0.05) is 31.7 Å². The molecule has 1 aromatic carbocycles. The molecular formula is C21H28N4O5. The van der Waals surface area contributed by atoms with Gasteiger partial charge in [-0.3, -0.25) is 14.2 Å². The van der Waals surface area contributed by atoms with Crippen molar-refractivity contribution in [1.82, 2.24) is 19.7 Å². The average molecular weight is 416 g/mol. The van der Waals surface area contributed by atoms with Crippen molar-refractivity contribution in [2.24, 2.45) is 0 Å². The zero-order chi connectivity index (χ0) is 21.7. The molecule has 0 radical (unpaired) electrons. The number of amides is 1. The average Bonchev–Trinajstić information content (AvgIpc) is 2.95. The first-order valence-corrected chi connectivity index (χ1v) is 10.3. The third-order valence-electron chi connectivity index (χ3n) is 5.61. The molecule has 1 fully saturated rings. The van der Waals surface area contributed by atoms with Crippen molar-refractivity contribution >= 4 is 5.91 Å². The van der Waals surface area contributed by atoms with E-state index in [2.05, 4.69) is 10.4 Å². The summed E-state index contributed by atoms with van der Waals surface area (Å²) in [4.78, 5) is 37.2. The van der Waals surface area contributed by atoms with Crippen molar-refractivity contribution in [3.8, 4) is 5.69 Å². The SMILES string of the molecule is Cc1ccc(-n2ncc(=O)n(CCO)c2=O)cc1C(=O)NCC1(O)CCCCCC1. The number of aliphatic hydroxyl groups excluding tert-OH is 1. The number of nitrogens with one attached hydrogen (secondary N) is 1. The van der Waals surface area contributed by atoms with Crippen LogP contribution in [0.2, 0.25) is 0 Å². The van der Waals surface area contributed by atoms with Gasteiger partial charge in [0.15, 0.2) is 0 Å². The maximum atomic E-state index is 12.8. The Labute approximate surface area is 174 Å². The van der Waals surface area contributed by atoms with E-state index < -0.39 is 16.9 Å². The van der Waals surface area contributed by atoms with E-state index in [1.807, 2.05) is 0 Å². The molecule has 1 aliphatic rings. The Morgan fingerprint density at radius 3 is 2.57 bits per heavy atom. The van der Waals surface area contributed by atoms with E-state index in [9.17, 15) is 19.5 Å². The molecule has 0 unspecified atom stereocenters. The van der Waals surface area contributed by atoms with Gasteiger partial charge in [0, 0.05) is 12.1 Å². The summed E-state index contributed by atoms with van der Waals surface area (Å²) in [6.45, 7) is 1.46. The van der Waals surface area contributed by atoms with Gasteiger partial charge in [-0.25, -0.2) is 4.79 Å². The van der Waals surface area contributed by atoms with Gasteiger partial charge < -0.3 is 15.5 Å². The van der Waals surface area contributed by atoms with Gasteiger partial charge in [0.1, 0.15) is 6.20 Å². The molecule has 3 N–H and O–H groups in total. The van der Waals surface area contributed by atoms with Crippen LogP contribution in [0.4, 0.5) is 0 Å². The molecule has 3 rings (SSSR count). The number of rotatable bonds is 6. The first-order valence-electron chi connectivity index (χ1n) is 10.3. The Morgan fingerprint density at radius 2 is 1.90 bits per heavy atom. The van der Waals surface area contributed by atoms with Crippen molar-refractivity contribution in [3.63, 3.8) is 0 Å². The molecule has 9 heteroatoms. The lowest BCUT2D eigenvalue weighted by Gasteiger charge is -2.27. The molecule has 1 aliphatic carbocycles. The van der Waals surface area contributed by atoms with Crippen molar-refractivity contribution in [1.29, 1.82) is 0 Å². The van der Waals surface area contributed by atoms with Crippen molar-refractivity contribution in [2.45, 2.75) is 57.6 Å². The number of benzene rings is 1. The van der Waals surface area contributed by atoms with Gasteiger partial charge in [0.05, 0.1) is 24.4 Å². The summed E-state index contributed by atoms with van der Waals surface area (Å²) in [5.74, 6) is -0.344. The van der Waals surface area contributed by atoms with Gasteiger partial charge in [0.2, 0.25) is 0 Å². The minimum Gasteiger partial charge on any atom is -0.395 e. The Morgan fingerprint density at radius 1 is 1.20 bits per heavy atom. The number of carbonyl (C=O) groups is 1. The minimum absolute atomic E-state index is 0.141. The van der Waals surface area contributed by atoms with E-state index in [1.165, 1.54) is 6.07 Å². The smallest absolute Gasteiger partial charge is 0.352 e. The third kappa shape index (κ3) is 4.85. The number of hydrogen-bond donors (Lipinski definition) is 3. The number of aryl methyl sites for hydroxylation is 1. The number of aromatic nitrogens is 3. The van der Waals surface area contributed by atoms with Crippen LogP contribution in [0.15, 0.2) is 34.0 Å². The highest BCUT2D eigenvalue weighted by Gasteiger charge is 2.28. The molecule has 30 heavy (non-hydrogen) atoms. The summed E-state index contributed by atoms with van der Waals surface area (Å²) in [5.41, 5.74) is -0.794. The molecule has 9 nitrogen and oxygen atoms in total. The second-order valence-corrected chi connectivity index (χ2v) is 7.87. The van der Waals surface area contributed by atoms with Crippen LogP contribution in [0.1, 0.15) is 54.4 Å². The van der Waals surface area contributed by atoms with Gasteiger partial charge in [-0.15, -0.1) is 0 Å². The van der Waals surface area contributed by atoms with Crippen molar-refractivity contribution in [3.05, 3.63) is 56.4 Å². The highest BCUT2D eigenvalue weighted by Crippen LogP contribution is 2.26. The van der Waals surface area contributed by atoms with E-state index >= 15 is 0 Å². The van der Waals surface area contributed by atoms with E-state index in [0.29, 0.717) is 29.7 Å². The molecule has 1 aromatic heterocycles. The zero-order valence-electron chi connectivity index (χ0n) is 17.1. The van der Waals surface area contributed by atoms with E-state index in [-0.39, 0.29) is 25.6 Å². The summed E-state index contributed by atoms with van der Waals surface area (Å²) in [6.07, 6.45) is 6.40. The summed E-state index contributed by atoms with van der Waals surface area (Å²) < 4.78 is 1.90. The number of hydrogen-bond acceptors (Lipinski definition) is 6. The van der Waals surface area contributed by atoms with Gasteiger partial charge in [-0.05, 0) is 37.5 Å². The van der Waals surface area contributed by atoms with Crippen LogP contribution in [-0.4, -0.2) is 49.2 Å². The minimum atomic E-state index is -0.893. The van der Waals surface area contributed by atoms with Crippen LogP contribution in [0.25, 0.3) is 5.69 Å². The molecule has 1 heterocycles. The van der Waals surface area contributed by atoms with Crippen LogP contribution in [-0.2, 0) is 6.54 Å². The second kappa shape index (κ2) is 9.36. The predicted octanol–water partition coefficient (Wildman–Crippen LogP) is 0.510. The highest BCUT2D eigenvalue weighted by atomic mass is 16.3. The molecule has 0 saturated heterocycles. The van der Waals surface area contributed by atoms with Crippen LogP contribution < -0.4 is 16.6 Å². The van der Waals surface area contributed by atoms with Gasteiger partial charge >= 0.3 is 5.69 Å². The first kappa shape index (κ1) is 21.9. The summed E-state index contributed by atoms with van der Waals surface area (Å²) in [6, 6.07) is 4.86. The fourth-order valence-corrected chi connectivity index (χ4v) is 3.81. The number of nitrogens with zero attached hydrogens (tertiary/aromatic N) is 3. The standard InChI is InChI=1S/C21H28N4O5/c1-15-6-7-16(25-20(29)24(10-11-26)18(27)13-23-25)12-17(15)19(28)22-14-21(30)8-4-2-3-5-9-21/h6-7,12-13,26,30H,2-5,8-11,14H2,1H3,(H,22,28). The maximum Gasteiger partial charge on any atom is 0.352 e. The molecule has 0 spiro atoms. The quantitative estimate of drug-likeness (QED) is 0.589. The Kier molecular flexibility index (Phi) is 6.84. The Hall–Kier alpha value is -2.78. The van der Waals surface area contributed by atoms with Crippen LogP contribution in [0, 0.1) is 6.92 Å².